The lowest BCUT2D eigenvalue weighted by Gasteiger charge is -2.44. The molecule has 0 aliphatic carbocycles. The summed E-state index contributed by atoms with van der Waals surface area (Å²) in [6, 6.07) is 11.4. The summed E-state index contributed by atoms with van der Waals surface area (Å²) < 4.78 is 13.8. The smallest absolute Gasteiger partial charge is 0.276 e. The molecule has 0 N–H and O–H groups in total. The Bertz CT molecular complexity index is 921. The van der Waals surface area contributed by atoms with Gasteiger partial charge in [-0.2, -0.15) is 0 Å². The second-order valence-electron chi connectivity index (χ2n) is 7.04. The molecule has 2 atom stereocenters. The van der Waals surface area contributed by atoms with Gasteiger partial charge in [0.05, 0.1) is 12.6 Å². The minimum atomic E-state index is -0.227. The van der Waals surface area contributed by atoms with Gasteiger partial charge in [-0.1, -0.05) is 30.3 Å². The summed E-state index contributed by atoms with van der Waals surface area (Å²) in [5, 5.41) is 0. The molecule has 1 fully saturated rings. The van der Waals surface area contributed by atoms with Gasteiger partial charge in [0.15, 0.2) is 17.7 Å². The minimum Gasteiger partial charge on any atom is -0.483 e. The van der Waals surface area contributed by atoms with E-state index in [0.717, 1.165) is 30.5 Å². The summed E-state index contributed by atoms with van der Waals surface area (Å²) in [6.45, 7) is 1.60. The van der Waals surface area contributed by atoms with Gasteiger partial charge in [-0.3, -0.25) is 9.59 Å². The zero-order chi connectivity index (χ0) is 17.7. The van der Waals surface area contributed by atoms with E-state index in [9.17, 15) is 9.59 Å². The zero-order valence-electron chi connectivity index (χ0n) is 14.4. The van der Waals surface area contributed by atoms with Crippen LogP contribution in [0.25, 0.3) is 0 Å². The quantitative estimate of drug-likeness (QED) is 0.849. The standard InChI is InChI=1S/C20H20N2O4/c23-16-11-14-7-8-15-20-21(9-4-10-25-20)19(24)17(22(14)15)18(16)26-12-13-5-2-1-3-6-13/h1-3,5-6,11,15,20H,4,7-10,12H2. The Kier molecular flexibility index (Phi) is 3.60. The second kappa shape index (κ2) is 5.99. The molecular weight excluding hydrogens is 332 g/mol. The average Bonchev–Trinajstić information content (AvgIpc) is 3.09. The van der Waals surface area contributed by atoms with Crippen molar-refractivity contribution in [2.75, 3.05) is 13.2 Å². The third-order valence-electron chi connectivity index (χ3n) is 5.47. The number of carbonyl (C=O) groups excluding carboxylic acids is 1. The highest BCUT2D eigenvalue weighted by Gasteiger charge is 2.46. The van der Waals surface area contributed by atoms with Crippen molar-refractivity contribution in [3.05, 3.63) is 63.6 Å². The number of amides is 1. The van der Waals surface area contributed by atoms with Crippen LogP contribution in [0, 0.1) is 0 Å². The number of carbonyl (C=O) groups is 1. The van der Waals surface area contributed by atoms with Gasteiger partial charge in [-0.25, -0.2) is 0 Å². The van der Waals surface area contributed by atoms with E-state index in [-0.39, 0.29) is 36.0 Å². The highest BCUT2D eigenvalue weighted by atomic mass is 16.5. The van der Waals surface area contributed by atoms with Crippen molar-refractivity contribution in [3.8, 4) is 5.75 Å². The molecule has 3 aliphatic rings. The summed E-state index contributed by atoms with van der Waals surface area (Å²) >= 11 is 0. The molecule has 0 spiro atoms. The molecule has 3 aliphatic heterocycles. The van der Waals surface area contributed by atoms with Crippen molar-refractivity contribution < 1.29 is 14.3 Å². The predicted molar refractivity (Wildman–Crippen MR) is 94.2 cm³/mol. The number of benzene rings is 1. The summed E-state index contributed by atoms with van der Waals surface area (Å²) in [7, 11) is 0. The number of rotatable bonds is 3. The molecule has 2 unspecified atom stereocenters. The van der Waals surface area contributed by atoms with Crippen LogP contribution in [-0.2, 0) is 17.8 Å². The molecule has 0 radical (unpaired) electrons. The van der Waals surface area contributed by atoms with Crippen molar-refractivity contribution in [3.63, 3.8) is 0 Å². The Balaban J connectivity index is 1.59. The lowest BCUT2D eigenvalue weighted by molar-refractivity contribution is -0.109. The van der Waals surface area contributed by atoms with Crippen molar-refractivity contribution >= 4 is 5.91 Å². The van der Waals surface area contributed by atoms with E-state index >= 15 is 0 Å². The first-order chi connectivity index (χ1) is 12.7. The fraction of sp³-hybridized carbons (Fsp3) is 0.400. The van der Waals surface area contributed by atoms with Crippen LogP contribution in [0.5, 0.6) is 5.75 Å². The molecule has 4 heterocycles. The number of pyridine rings is 1. The van der Waals surface area contributed by atoms with E-state index < -0.39 is 0 Å². The third kappa shape index (κ3) is 2.29. The molecule has 2 aromatic rings. The first-order valence-electron chi connectivity index (χ1n) is 9.12. The van der Waals surface area contributed by atoms with Crippen LogP contribution in [0.3, 0.4) is 0 Å². The normalized spacial score (nSPS) is 23.5. The number of aryl methyl sites for hydroxylation is 1. The van der Waals surface area contributed by atoms with Crippen LogP contribution in [0.2, 0.25) is 0 Å². The number of hydrogen-bond donors (Lipinski definition) is 0. The molecule has 0 bridgehead atoms. The Labute approximate surface area is 150 Å². The SMILES string of the molecule is O=C1c2c(OCc3ccccc3)c(=O)cc3n2C(CC3)C2OCCCN12. The average molecular weight is 352 g/mol. The third-order valence-corrected chi connectivity index (χ3v) is 5.47. The van der Waals surface area contributed by atoms with Gasteiger partial charge in [0.25, 0.3) is 5.91 Å². The summed E-state index contributed by atoms with van der Waals surface area (Å²) in [4.78, 5) is 27.6. The highest BCUT2D eigenvalue weighted by Crippen LogP contribution is 2.40. The Morgan fingerprint density at radius 1 is 1.19 bits per heavy atom. The molecule has 6 heteroatoms. The predicted octanol–water partition coefficient (Wildman–Crippen LogP) is 2.12. The van der Waals surface area contributed by atoms with E-state index in [1.165, 1.54) is 0 Å². The van der Waals surface area contributed by atoms with E-state index in [1.807, 2.05) is 34.9 Å². The van der Waals surface area contributed by atoms with Crippen LogP contribution in [0.15, 0.2) is 41.2 Å². The van der Waals surface area contributed by atoms with Crippen LogP contribution in [0.4, 0.5) is 0 Å². The molecular formula is C20H20N2O4. The van der Waals surface area contributed by atoms with Crippen LogP contribution in [-0.4, -0.2) is 34.8 Å². The van der Waals surface area contributed by atoms with Gasteiger partial charge >= 0.3 is 0 Å². The van der Waals surface area contributed by atoms with Crippen LogP contribution < -0.4 is 10.2 Å². The molecule has 1 saturated heterocycles. The molecule has 1 amide bonds. The monoisotopic (exact) mass is 352 g/mol. The van der Waals surface area contributed by atoms with Gasteiger partial charge in [0.1, 0.15) is 6.61 Å². The van der Waals surface area contributed by atoms with Crippen molar-refractivity contribution in [2.24, 2.45) is 0 Å². The number of aromatic nitrogens is 1. The summed E-state index contributed by atoms with van der Waals surface area (Å²) in [5.41, 5.74) is 2.05. The van der Waals surface area contributed by atoms with Crippen molar-refractivity contribution in [1.29, 1.82) is 0 Å². The minimum absolute atomic E-state index is 0.0673. The zero-order valence-corrected chi connectivity index (χ0v) is 14.4. The Hall–Kier alpha value is -2.60. The van der Waals surface area contributed by atoms with Gasteiger partial charge in [0, 0.05) is 18.3 Å². The van der Waals surface area contributed by atoms with Gasteiger partial charge in [-0.15, -0.1) is 0 Å². The lowest BCUT2D eigenvalue weighted by Crippen LogP contribution is -2.55. The lowest BCUT2D eigenvalue weighted by atomic mass is 10.1. The molecule has 0 saturated carbocycles. The molecule has 26 heavy (non-hydrogen) atoms. The van der Waals surface area contributed by atoms with E-state index in [1.54, 1.807) is 11.0 Å². The maximum absolute atomic E-state index is 13.2. The molecule has 5 rings (SSSR count). The Morgan fingerprint density at radius 2 is 2.04 bits per heavy atom. The maximum Gasteiger partial charge on any atom is 0.276 e. The van der Waals surface area contributed by atoms with Gasteiger partial charge in [-0.05, 0) is 24.8 Å². The summed E-state index contributed by atoms with van der Waals surface area (Å²) in [5.74, 6) is 0.00777. The highest BCUT2D eigenvalue weighted by molar-refractivity contribution is 5.96. The fourth-order valence-electron chi connectivity index (χ4n) is 4.32. The van der Waals surface area contributed by atoms with Gasteiger partial charge < -0.3 is 18.9 Å². The second-order valence-corrected chi connectivity index (χ2v) is 7.04. The molecule has 1 aromatic carbocycles. The fourth-order valence-corrected chi connectivity index (χ4v) is 4.32. The molecule has 134 valence electrons. The topological polar surface area (TPSA) is 60.8 Å². The largest absolute Gasteiger partial charge is 0.483 e. The van der Waals surface area contributed by atoms with Crippen LogP contribution >= 0.6 is 0 Å². The number of hydrogen-bond acceptors (Lipinski definition) is 4. The van der Waals surface area contributed by atoms with Crippen molar-refractivity contribution in [1.82, 2.24) is 9.47 Å². The van der Waals surface area contributed by atoms with Gasteiger partial charge in [0.2, 0.25) is 5.43 Å². The molecule has 1 aromatic heterocycles. The van der Waals surface area contributed by atoms with E-state index in [2.05, 4.69) is 0 Å². The van der Waals surface area contributed by atoms with E-state index in [4.69, 9.17) is 9.47 Å². The number of fused-ring (bicyclic) bond motifs is 2. The number of ether oxygens (including phenoxy) is 2. The van der Waals surface area contributed by atoms with Crippen LogP contribution in [0.1, 0.15) is 40.6 Å². The number of nitrogens with zero attached hydrogens (tertiary/aromatic N) is 2. The van der Waals surface area contributed by atoms with E-state index in [0.29, 0.717) is 18.8 Å². The first-order valence-corrected chi connectivity index (χ1v) is 9.12. The first kappa shape index (κ1) is 15.6. The molecule has 6 nitrogen and oxygen atoms in total. The van der Waals surface area contributed by atoms with Crippen molar-refractivity contribution in [2.45, 2.75) is 38.1 Å². The maximum atomic E-state index is 13.2. The summed E-state index contributed by atoms with van der Waals surface area (Å²) in [6.07, 6.45) is 2.25. The Morgan fingerprint density at radius 3 is 2.88 bits per heavy atom.